The monoisotopic (exact) mass is 425 g/mol. The molecule has 1 saturated heterocycles. The van der Waals surface area contributed by atoms with Crippen LogP contribution in [0.25, 0.3) is 21.5 Å². The summed E-state index contributed by atoms with van der Waals surface area (Å²) in [5.41, 5.74) is 0. The van der Waals surface area contributed by atoms with Gasteiger partial charge in [-0.2, -0.15) is 9.29 Å². The summed E-state index contributed by atoms with van der Waals surface area (Å²) >= 11 is 1.55. The lowest BCUT2D eigenvalue weighted by Gasteiger charge is -2.30. The van der Waals surface area contributed by atoms with Crippen molar-refractivity contribution in [1.29, 1.82) is 0 Å². The van der Waals surface area contributed by atoms with Crippen molar-refractivity contribution >= 4 is 32.1 Å². The Morgan fingerprint density at radius 2 is 1.93 bits per heavy atom. The number of nitrogens with zero attached hydrogens (tertiary/aromatic N) is 3. The van der Waals surface area contributed by atoms with Crippen molar-refractivity contribution in [3.63, 3.8) is 0 Å². The average molecular weight is 426 g/mol. The minimum atomic E-state index is -3.59. The lowest BCUT2D eigenvalue weighted by atomic mass is 10.00. The molecule has 1 aliphatic heterocycles. The second kappa shape index (κ2) is 7.37. The van der Waals surface area contributed by atoms with Gasteiger partial charge in [-0.3, -0.25) is 0 Å². The van der Waals surface area contributed by atoms with E-state index in [9.17, 15) is 8.42 Å². The van der Waals surface area contributed by atoms with Crippen LogP contribution in [0, 0.1) is 0 Å². The number of aromatic nitrogens is 2. The number of rotatable bonds is 4. The van der Waals surface area contributed by atoms with Gasteiger partial charge in [-0.25, -0.2) is 8.42 Å². The van der Waals surface area contributed by atoms with Crippen molar-refractivity contribution in [1.82, 2.24) is 14.4 Å². The van der Waals surface area contributed by atoms with Crippen molar-refractivity contribution in [3.05, 3.63) is 65.9 Å². The maximum atomic E-state index is 13.3. The summed E-state index contributed by atoms with van der Waals surface area (Å²) in [5.74, 6) is 0.969. The number of hydrogen-bond donors (Lipinski definition) is 0. The van der Waals surface area contributed by atoms with Gasteiger partial charge in [0.05, 0.1) is 15.7 Å². The molecule has 0 bridgehead atoms. The standard InChI is InChI=1S/C21H19N3O3S2/c25-29(26,18-10-9-15-5-1-2-6-16(15)13-18)24-11-3-7-17(14-24)21-22-20(23-27-21)19-8-4-12-28-19/h1-2,4-6,8-10,12-13,17H,3,7,11,14H2. The molecule has 1 unspecified atom stereocenters. The van der Waals surface area contributed by atoms with E-state index in [4.69, 9.17) is 4.52 Å². The summed E-state index contributed by atoms with van der Waals surface area (Å²) < 4.78 is 33.5. The van der Waals surface area contributed by atoms with E-state index >= 15 is 0 Å². The van der Waals surface area contributed by atoms with E-state index in [1.54, 1.807) is 27.8 Å². The molecule has 5 rings (SSSR count). The molecule has 0 saturated carbocycles. The summed E-state index contributed by atoms with van der Waals surface area (Å²) in [6.45, 7) is 0.846. The van der Waals surface area contributed by atoms with E-state index in [2.05, 4.69) is 10.1 Å². The molecule has 148 valence electrons. The van der Waals surface area contributed by atoms with Gasteiger partial charge in [0.1, 0.15) is 0 Å². The van der Waals surface area contributed by atoms with Crippen LogP contribution in [0.1, 0.15) is 24.7 Å². The summed E-state index contributed by atoms with van der Waals surface area (Å²) in [5, 5.41) is 7.97. The molecule has 4 aromatic rings. The second-order valence-electron chi connectivity index (χ2n) is 7.14. The summed E-state index contributed by atoms with van der Waals surface area (Å²) in [4.78, 5) is 5.78. The van der Waals surface area contributed by atoms with Gasteiger partial charge in [-0.1, -0.05) is 41.6 Å². The first-order valence-corrected chi connectivity index (χ1v) is 11.8. The average Bonchev–Trinajstić information content (AvgIpc) is 3.45. The first-order chi connectivity index (χ1) is 14.1. The Balaban J connectivity index is 1.40. The molecule has 0 amide bonds. The van der Waals surface area contributed by atoms with Crippen LogP contribution in [0.5, 0.6) is 0 Å². The first-order valence-electron chi connectivity index (χ1n) is 9.48. The third kappa shape index (κ3) is 3.48. The van der Waals surface area contributed by atoms with Crippen LogP contribution >= 0.6 is 11.3 Å². The molecule has 6 nitrogen and oxygen atoms in total. The Labute approximate surface area is 172 Å². The molecule has 0 N–H and O–H groups in total. The highest BCUT2D eigenvalue weighted by Crippen LogP contribution is 2.32. The van der Waals surface area contributed by atoms with Gasteiger partial charge in [0.15, 0.2) is 0 Å². The van der Waals surface area contributed by atoms with Crippen LogP contribution in [0.3, 0.4) is 0 Å². The molecule has 1 fully saturated rings. The Morgan fingerprint density at radius 1 is 1.07 bits per heavy atom. The lowest BCUT2D eigenvalue weighted by Crippen LogP contribution is -2.39. The van der Waals surface area contributed by atoms with Crippen molar-refractivity contribution in [2.75, 3.05) is 13.1 Å². The van der Waals surface area contributed by atoms with Crippen LogP contribution in [-0.4, -0.2) is 36.0 Å². The molecule has 1 atom stereocenters. The number of piperidine rings is 1. The van der Waals surface area contributed by atoms with Crippen molar-refractivity contribution in [3.8, 4) is 10.7 Å². The summed E-state index contributed by atoms with van der Waals surface area (Å²) in [7, 11) is -3.59. The number of sulfonamides is 1. The third-order valence-electron chi connectivity index (χ3n) is 5.28. The number of benzene rings is 2. The Kier molecular flexibility index (Phi) is 4.69. The van der Waals surface area contributed by atoms with E-state index in [1.807, 2.05) is 47.8 Å². The maximum Gasteiger partial charge on any atom is 0.243 e. The minimum absolute atomic E-state index is 0.0970. The largest absolute Gasteiger partial charge is 0.339 e. The van der Waals surface area contributed by atoms with Crippen molar-refractivity contribution in [2.24, 2.45) is 0 Å². The zero-order chi connectivity index (χ0) is 19.8. The predicted octanol–water partition coefficient (Wildman–Crippen LogP) is 4.52. The van der Waals surface area contributed by atoms with E-state index in [0.717, 1.165) is 28.5 Å². The van der Waals surface area contributed by atoms with E-state index in [1.165, 1.54) is 0 Å². The Bertz CT molecular complexity index is 1250. The highest BCUT2D eigenvalue weighted by atomic mass is 32.2. The lowest BCUT2D eigenvalue weighted by molar-refractivity contribution is 0.265. The minimum Gasteiger partial charge on any atom is -0.339 e. The van der Waals surface area contributed by atoms with Gasteiger partial charge in [-0.15, -0.1) is 11.3 Å². The fourth-order valence-corrected chi connectivity index (χ4v) is 5.96. The fraction of sp³-hybridized carbons (Fsp3) is 0.238. The van der Waals surface area contributed by atoms with E-state index in [0.29, 0.717) is 29.7 Å². The topological polar surface area (TPSA) is 76.3 Å². The molecule has 29 heavy (non-hydrogen) atoms. The van der Waals surface area contributed by atoms with Gasteiger partial charge in [0.2, 0.25) is 21.7 Å². The Morgan fingerprint density at radius 3 is 2.76 bits per heavy atom. The zero-order valence-electron chi connectivity index (χ0n) is 15.6. The molecule has 0 radical (unpaired) electrons. The highest BCUT2D eigenvalue weighted by Gasteiger charge is 2.33. The molecule has 2 aromatic carbocycles. The van der Waals surface area contributed by atoms with E-state index < -0.39 is 10.0 Å². The molecule has 3 heterocycles. The van der Waals surface area contributed by atoms with Crippen LogP contribution in [0.15, 0.2) is 69.4 Å². The normalized spacial score (nSPS) is 18.3. The van der Waals surface area contributed by atoms with Crippen LogP contribution in [0.4, 0.5) is 0 Å². The zero-order valence-corrected chi connectivity index (χ0v) is 17.2. The third-order valence-corrected chi connectivity index (χ3v) is 8.00. The van der Waals surface area contributed by atoms with E-state index in [-0.39, 0.29) is 5.92 Å². The number of thiophene rings is 1. The van der Waals surface area contributed by atoms with Gasteiger partial charge in [-0.05, 0) is 47.2 Å². The first kappa shape index (κ1) is 18.5. The number of fused-ring (bicyclic) bond motifs is 1. The van der Waals surface area contributed by atoms with Crippen LogP contribution < -0.4 is 0 Å². The quantitative estimate of drug-likeness (QED) is 0.480. The van der Waals surface area contributed by atoms with Crippen LogP contribution in [-0.2, 0) is 10.0 Å². The summed E-state index contributed by atoms with van der Waals surface area (Å²) in [6.07, 6.45) is 1.59. The second-order valence-corrected chi connectivity index (χ2v) is 10.0. The van der Waals surface area contributed by atoms with Crippen molar-refractivity contribution < 1.29 is 12.9 Å². The predicted molar refractivity (Wildman–Crippen MR) is 112 cm³/mol. The molecule has 0 spiro atoms. The van der Waals surface area contributed by atoms with Gasteiger partial charge >= 0.3 is 0 Å². The van der Waals surface area contributed by atoms with Gasteiger partial charge in [0, 0.05) is 13.1 Å². The molecular formula is C21H19N3O3S2. The fourth-order valence-electron chi connectivity index (χ4n) is 3.75. The summed E-state index contributed by atoms with van der Waals surface area (Å²) in [6, 6.07) is 16.9. The molecular weight excluding hydrogens is 406 g/mol. The SMILES string of the molecule is O=S(=O)(c1ccc2ccccc2c1)N1CCCC(c2nc(-c3cccs3)no2)C1. The number of hydrogen-bond acceptors (Lipinski definition) is 6. The smallest absolute Gasteiger partial charge is 0.243 e. The van der Waals surface area contributed by atoms with Gasteiger partial charge in [0.25, 0.3) is 0 Å². The van der Waals surface area contributed by atoms with Gasteiger partial charge < -0.3 is 4.52 Å². The highest BCUT2D eigenvalue weighted by molar-refractivity contribution is 7.89. The molecule has 1 aliphatic rings. The van der Waals surface area contributed by atoms with Crippen LogP contribution in [0.2, 0.25) is 0 Å². The molecule has 0 aliphatic carbocycles. The Hall–Kier alpha value is -2.55. The molecule has 2 aromatic heterocycles. The molecule has 8 heteroatoms. The van der Waals surface area contributed by atoms with Crippen molar-refractivity contribution in [2.45, 2.75) is 23.7 Å². The maximum absolute atomic E-state index is 13.3.